The van der Waals surface area contributed by atoms with Crippen LogP contribution in [0.3, 0.4) is 0 Å². The number of hydrogen-bond acceptors (Lipinski definition) is 5. The van der Waals surface area contributed by atoms with E-state index in [1.165, 1.54) is 11.8 Å². The molecule has 0 unspecified atom stereocenters. The molecule has 0 aliphatic carbocycles. The number of rotatable bonds is 7. The molecule has 6 heteroatoms. The number of carbonyl (C=O) groups is 1. The number of nitrogens with zero attached hydrogens (tertiary/aromatic N) is 2. The Hall–Kier alpha value is -3.30. The summed E-state index contributed by atoms with van der Waals surface area (Å²) < 4.78 is 5.47. The van der Waals surface area contributed by atoms with Gasteiger partial charge in [-0.2, -0.15) is 5.26 Å². The summed E-state index contributed by atoms with van der Waals surface area (Å²) in [5, 5.41) is 12.9. The van der Waals surface area contributed by atoms with Crippen LogP contribution in [0.4, 0.5) is 5.69 Å². The van der Waals surface area contributed by atoms with Gasteiger partial charge in [-0.1, -0.05) is 29.5 Å². The summed E-state index contributed by atoms with van der Waals surface area (Å²) in [7, 11) is 0. The topological polar surface area (TPSA) is 75.0 Å². The number of benzene rings is 2. The summed E-state index contributed by atoms with van der Waals surface area (Å²) >= 11 is 1.26. The molecule has 0 fully saturated rings. The molecular weight excluding hydrogens is 394 g/mol. The van der Waals surface area contributed by atoms with Crippen LogP contribution in [-0.4, -0.2) is 23.3 Å². The molecule has 0 radical (unpaired) electrons. The quantitative estimate of drug-likeness (QED) is 0.523. The van der Waals surface area contributed by atoms with Gasteiger partial charge in [-0.05, 0) is 68.8 Å². The molecule has 3 aromatic rings. The van der Waals surface area contributed by atoms with Crippen LogP contribution in [0.25, 0.3) is 11.3 Å². The molecule has 1 aromatic heterocycles. The van der Waals surface area contributed by atoms with Crippen LogP contribution in [0.5, 0.6) is 5.75 Å². The highest BCUT2D eigenvalue weighted by atomic mass is 32.2. The Morgan fingerprint density at radius 2 is 1.90 bits per heavy atom. The van der Waals surface area contributed by atoms with Crippen molar-refractivity contribution in [2.45, 2.75) is 25.8 Å². The van der Waals surface area contributed by atoms with Crippen molar-refractivity contribution in [2.75, 3.05) is 17.7 Å². The third-order valence-corrected chi connectivity index (χ3v) is 5.43. The molecule has 2 aromatic carbocycles. The van der Waals surface area contributed by atoms with Crippen LogP contribution in [0.15, 0.2) is 59.6 Å². The Morgan fingerprint density at radius 3 is 2.57 bits per heavy atom. The van der Waals surface area contributed by atoms with E-state index < -0.39 is 0 Å². The van der Waals surface area contributed by atoms with E-state index in [1.807, 2.05) is 69.3 Å². The van der Waals surface area contributed by atoms with E-state index in [0.717, 1.165) is 33.8 Å². The van der Waals surface area contributed by atoms with Gasteiger partial charge in [0.2, 0.25) is 5.91 Å². The maximum atomic E-state index is 12.4. The fourth-order valence-electron chi connectivity index (χ4n) is 2.96. The Balaban J connectivity index is 1.72. The Labute approximate surface area is 181 Å². The lowest BCUT2D eigenvalue weighted by molar-refractivity contribution is -0.113. The minimum absolute atomic E-state index is 0.135. The van der Waals surface area contributed by atoms with Gasteiger partial charge in [0.05, 0.1) is 23.6 Å². The first-order valence-electron chi connectivity index (χ1n) is 9.64. The molecule has 0 saturated heterocycles. The van der Waals surface area contributed by atoms with Crippen molar-refractivity contribution < 1.29 is 9.53 Å². The van der Waals surface area contributed by atoms with E-state index in [9.17, 15) is 10.1 Å². The van der Waals surface area contributed by atoms with E-state index in [4.69, 9.17) is 4.74 Å². The average Bonchev–Trinajstić information content (AvgIpc) is 2.75. The van der Waals surface area contributed by atoms with Crippen molar-refractivity contribution in [3.63, 3.8) is 0 Å². The number of pyridine rings is 1. The molecule has 30 heavy (non-hydrogen) atoms. The molecule has 1 N–H and O–H groups in total. The van der Waals surface area contributed by atoms with E-state index in [-0.39, 0.29) is 11.7 Å². The van der Waals surface area contributed by atoms with E-state index >= 15 is 0 Å². The first-order chi connectivity index (χ1) is 14.5. The fourth-order valence-corrected chi connectivity index (χ4v) is 3.73. The number of anilines is 1. The van der Waals surface area contributed by atoms with Crippen LogP contribution in [-0.2, 0) is 4.79 Å². The summed E-state index contributed by atoms with van der Waals surface area (Å²) in [6.45, 7) is 6.53. The van der Waals surface area contributed by atoms with Crippen LogP contribution >= 0.6 is 11.8 Å². The molecule has 0 atom stereocenters. The van der Waals surface area contributed by atoms with Crippen molar-refractivity contribution in [1.82, 2.24) is 4.98 Å². The highest BCUT2D eigenvalue weighted by Gasteiger charge is 2.12. The summed E-state index contributed by atoms with van der Waals surface area (Å²) in [5.74, 6) is 0.832. The zero-order chi connectivity index (χ0) is 21.5. The maximum absolute atomic E-state index is 12.4. The van der Waals surface area contributed by atoms with Gasteiger partial charge in [-0.3, -0.25) is 4.79 Å². The zero-order valence-electron chi connectivity index (χ0n) is 17.2. The van der Waals surface area contributed by atoms with Crippen molar-refractivity contribution >= 4 is 23.4 Å². The highest BCUT2D eigenvalue weighted by molar-refractivity contribution is 8.00. The summed E-state index contributed by atoms with van der Waals surface area (Å²) in [6, 6.07) is 19.2. The predicted octanol–water partition coefficient (Wildman–Crippen LogP) is 5.37. The molecule has 0 aliphatic rings. The SMILES string of the molecule is CCOc1ccc(-c2ccc(C#N)c(SCC(=O)Nc3ccc(C)cc3C)n2)cc1. The molecule has 0 aliphatic heterocycles. The predicted molar refractivity (Wildman–Crippen MR) is 121 cm³/mol. The van der Waals surface area contributed by atoms with Gasteiger partial charge in [0.1, 0.15) is 16.8 Å². The third-order valence-electron chi connectivity index (χ3n) is 4.44. The number of hydrogen-bond donors (Lipinski definition) is 1. The lowest BCUT2D eigenvalue weighted by Gasteiger charge is -2.10. The zero-order valence-corrected chi connectivity index (χ0v) is 18.0. The molecule has 0 bridgehead atoms. The third kappa shape index (κ3) is 5.40. The van der Waals surface area contributed by atoms with Crippen molar-refractivity contribution in [1.29, 1.82) is 5.26 Å². The Morgan fingerprint density at radius 1 is 1.13 bits per heavy atom. The number of amides is 1. The largest absolute Gasteiger partial charge is 0.494 e. The maximum Gasteiger partial charge on any atom is 0.234 e. The van der Waals surface area contributed by atoms with Crippen LogP contribution < -0.4 is 10.1 Å². The first-order valence-corrected chi connectivity index (χ1v) is 10.6. The second kappa shape index (κ2) is 9.95. The molecule has 3 rings (SSSR count). The van der Waals surface area contributed by atoms with E-state index in [2.05, 4.69) is 16.4 Å². The number of nitriles is 1. The fraction of sp³-hybridized carbons (Fsp3) is 0.208. The second-order valence-corrected chi connectivity index (χ2v) is 7.74. The number of carbonyl (C=O) groups excluding carboxylic acids is 1. The molecule has 1 heterocycles. The van der Waals surface area contributed by atoms with Crippen molar-refractivity contribution in [3.8, 4) is 23.1 Å². The number of aromatic nitrogens is 1. The van der Waals surface area contributed by atoms with Gasteiger partial charge in [-0.15, -0.1) is 0 Å². The molecule has 152 valence electrons. The van der Waals surface area contributed by atoms with Crippen LogP contribution in [0.2, 0.25) is 0 Å². The first kappa shape index (κ1) is 21.4. The smallest absolute Gasteiger partial charge is 0.234 e. The van der Waals surface area contributed by atoms with Crippen LogP contribution in [0, 0.1) is 25.2 Å². The standard InChI is InChI=1S/C24H23N3O2S/c1-4-29-20-9-6-18(7-10-20)22-12-8-19(14-25)24(27-22)30-15-23(28)26-21-11-5-16(2)13-17(21)3/h5-13H,4,15H2,1-3H3,(H,26,28). The normalized spacial score (nSPS) is 10.3. The lowest BCUT2D eigenvalue weighted by atomic mass is 10.1. The van der Waals surface area contributed by atoms with Gasteiger partial charge >= 0.3 is 0 Å². The van der Waals surface area contributed by atoms with Gasteiger partial charge < -0.3 is 10.1 Å². The number of ether oxygens (including phenoxy) is 1. The van der Waals surface area contributed by atoms with Gasteiger partial charge in [0.15, 0.2) is 0 Å². The van der Waals surface area contributed by atoms with Gasteiger partial charge in [0.25, 0.3) is 0 Å². The number of nitrogens with one attached hydrogen (secondary N) is 1. The number of aryl methyl sites for hydroxylation is 2. The highest BCUT2D eigenvalue weighted by Crippen LogP contribution is 2.27. The number of thioether (sulfide) groups is 1. The van der Waals surface area contributed by atoms with Gasteiger partial charge in [0, 0.05) is 11.3 Å². The molecule has 5 nitrogen and oxygen atoms in total. The Bertz CT molecular complexity index is 1090. The van der Waals surface area contributed by atoms with E-state index in [1.54, 1.807) is 6.07 Å². The second-order valence-electron chi connectivity index (χ2n) is 6.77. The molecule has 1 amide bonds. The molecule has 0 saturated carbocycles. The summed E-state index contributed by atoms with van der Waals surface area (Å²) in [5.41, 5.74) is 5.08. The summed E-state index contributed by atoms with van der Waals surface area (Å²) in [6.07, 6.45) is 0. The Kier molecular flexibility index (Phi) is 7.10. The van der Waals surface area contributed by atoms with Crippen molar-refractivity contribution in [2.24, 2.45) is 0 Å². The summed E-state index contributed by atoms with van der Waals surface area (Å²) in [4.78, 5) is 17.0. The molecule has 0 spiro atoms. The molecular formula is C24H23N3O2S. The van der Waals surface area contributed by atoms with Crippen LogP contribution in [0.1, 0.15) is 23.6 Å². The monoisotopic (exact) mass is 417 g/mol. The minimum atomic E-state index is -0.135. The van der Waals surface area contributed by atoms with Gasteiger partial charge in [-0.25, -0.2) is 4.98 Å². The average molecular weight is 418 g/mol. The van der Waals surface area contributed by atoms with E-state index in [0.29, 0.717) is 17.2 Å². The lowest BCUT2D eigenvalue weighted by Crippen LogP contribution is -2.15. The minimum Gasteiger partial charge on any atom is -0.494 e. The van der Waals surface area contributed by atoms with Crippen molar-refractivity contribution in [3.05, 3.63) is 71.3 Å².